The minimum Gasteiger partial charge on any atom is -0.392 e. The van der Waals surface area contributed by atoms with Gasteiger partial charge < -0.3 is 20.2 Å². The molecule has 124 valence electrons. The molecule has 8 heteroatoms. The number of nitrogens with zero attached hydrogens (tertiary/aromatic N) is 3. The van der Waals surface area contributed by atoms with Crippen LogP contribution in [0.2, 0.25) is 0 Å². The number of benzene rings is 1. The Morgan fingerprint density at radius 2 is 2.04 bits per heavy atom. The van der Waals surface area contributed by atoms with E-state index >= 15 is 0 Å². The standard InChI is InChI=1S/C15H20N4O4/c20-13-9-14(16-10-13)15(21)18-6-4-17(5-7-18)11-2-1-3-12(8-11)19(22)23/h1-3,8,13-14,16,20H,4-7,9-10H2. The average molecular weight is 320 g/mol. The molecule has 2 N–H and O–H groups in total. The van der Waals surface area contributed by atoms with Crippen molar-refractivity contribution in [3.8, 4) is 0 Å². The number of anilines is 1. The van der Waals surface area contributed by atoms with E-state index < -0.39 is 11.0 Å². The molecule has 0 aliphatic carbocycles. The van der Waals surface area contributed by atoms with Gasteiger partial charge in [0.1, 0.15) is 0 Å². The number of aliphatic hydroxyl groups is 1. The third-order valence-corrected chi connectivity index (χ3v) is 4.40. The molecule has 3 rings (SSSR count). The Kier molecular flexibility index (Phi) is 4.44. The van der Waals surface area contributed by atoms with Crippen molar-refractivity contribution < 1.29 is 14.8 Å². The number of aliphatic hydroxyl groups excluding tert-OH is 1. The van der Waals surface area contributed by atoms with Crippen LogP contribution in [0, 0.1) is 10.1 Å². The van der Waals surface area contributed by atoms with Crippen molar-refractivity contribution >= 4 is 17.3 Å². The fourth-order valence-electron chi connectivity index (χ4n) is 3.11. The maximum atomic E-state index is 12.4. The third-order valence-electron chi connectivity index (χ3n) is 4.40. The van der Waals surface area contributed by atoms with E-state index in [0.717, 1.165) is 5.69 Å². The summed E-state index contributed by atoms with van der Waals surface area (Å²) in [5.41, 5.74) is 0.880. The van der Waals surface area contributed by atoms with Gasteiger partial charge in [0.05, 0.1) is 17.1 Å². The van der Waals surface area contributed by atoms with E-state index in [4.69, 9.17) is 0 Å². The molecule has 1 aromatic rings. The Bertz CT molecular complexity index is 601. The minimum atomic E-state index is -0.449. The molecule has 2 fully saturated rings. The molecule has 1 amide bonds. The molecule has 0 bridgehead atoms. The normalized spacial score (nSPS) is 24.7. The Hall–Kier alpha value is -2.19. The number of nitrogens with one attached hydrogen (secondary N) is 1. The van der Waals surface area contributed by atoms with Crippen molar-refractivity contribution in [3.05, 3.63) is 34.4 Å². The highest BCUT2D eigenvalue weighted by molar-refractivity contribution is 5.82. The van der Waals surface area contributed by atoms with Crippen molar-refractivity contribution in [2.24, 2.45) is 0 Å². The lowest BCUT2D eigenvalue weighted by molar-refractivity contribution is -0.384. The monoisotopic (exact) mass is 320 g/mol. The molecule has 1 aromatic carbocycles. The second kappa shape index (κ2) is 6.51. The number of nitro groups is 1. The van der Waals surface area contributed by atoms with Gasteiger partial charge in [-0.25, -0.2) is 0 Å². The Labute approximate surface area is 133 Å². The van der Waals surface area contributed by atoms with E-state index in [1.807, 2.05) is 11.0 Å². The van der Waals surface area contributed by atoms with Crippen molar-refractivity contribution in [3.63, 3.8) is 0 Å². The van der Waals surface area contributed by atoms with Crippen molar-refractivity contribution in [2.45, 2.75) is 18.6 Å². The van der Waals surface area contributed by atoms with Crippen LogP contribution in [0.5, 0.6) is 0 Å². The summed E-state index contributed by atoms with van der Waals surface area (Å²) in [5.74, 6) is 0.0280. The predicted molar refractivity (Wildman–Crippen MR) is 84.3 cm³/mol. The van der Waals surface area contributed by atoms with E-state index in [1.54, 1.807) is 17.0 Å². The van der Waals surface area contributed by atoms with E-state index in [2.05, 4.69) is 5.32 Å². The van der Waals surface area contributed by atoms with Crippen LogP contribution in [0.15, 0.2) is 24.3 Å². The number of amides is 1. The van der Waals surface area contributed by atoms with Crippen LogP contribution in [0.25, 0.3) is 0 Å². The predicted octanol–water partition coefficient (Wildman–Crippen LogP) is -0.0338. The first kappa shape index (κ1) is 15.7. The van der Waals surface area contributed by atoms with Gasteiger partial charge in [-0.1, -0.05) is 6.07 Å². The SMILES string of the molecule is O=C(C1CC(O)CN1)N1CCN(c2cccc([N+](=O)[O-])c2)CC1. The number of hydrogen-bond acceptors (Lipinski definition) is 6. The first-order valence-electron chi connectivity index (χ1n) is 7.74. The molecule has 23 heavy (non-hydrogen) atoms. The lowest BCUT2D eigenvalue weighted by Gasteiger charge is -2.37. The summed E-state index contributed by atoms with van der Waals surface area (Å²) in [4.78, 5) is 26.7. The topological polar surface area (TPSA) is 99.0 Å². The quantitative estimate of drug-likeness (QED) is 0.599. The Balaban J connectivity index is 1.59. The smallest absolute Gasteiger partial charge is 0.271 e. The van der Waals surface area contributed by atoms with E-state index in [1.165, 1.54) is 6.07 Å². The summed E-state index contributed by atoms with van der Waals surface area (Å²) < 4.78 is 0. The van der Waals surface area contributed by atoms with Crippen molar-refractivity contribution in [1.29, 1.82) is 0 Å². The number of rotatable bonds is 3. The number of carbonyl (C=O) groups excluding carboxylic acids is 1. The second-order valence-corrected chi connectivity index (χ2v) is 5.94. The second-order valence-electron chi connectivity index (χ2n) is 5.94. The van der Waals surface area contributed by atoms with Crippen LogP contribution in [-0.2, 0) is 4.79 Å². The van der Waals surface area contributed by atoms with Gasteiger partial charge in [0.15, 0.2) is 0 Å². The van der Waals surface area contributed by atoms with Gasteiger partial charge in [-0.05, 0) is 12.5 Å². The average Bonchev–Trinajstić information content (AvgIpc) is 3.01. The number of piperazine rings is 1. The summed E-state index contributed by atoms with van der Waals surface area (Å²) in [5, 5.41) is 23.4. The molecule has 2 saturated heterocycles. The third kappa shape index (κ3) is 3.43. The van der Waals surface area contributed by atoms with Crippen LogP contribution in [0.3, 0.4) is 0 Å². The molecule has 0 saturated carbocycles. The molecule has 2 aliphatic heterocycles. The number of nitro benzene ring substituents is 1. The molecule has 2 aliphatic rings. The molecule has 2 atom stereocenters. The summed E-state index contributed by atoms with van der Waals surface area (Å²) in [7, 11) is 0. The highest BCUT2D eigenvalue weighted by Gasteiger charge is 2.32. The maximum Gasteiger partial charge on any atom is 0.271 e. The summed E-state index contributed by atoms with van der Waals surface area (Å²) in [6, 6.07) is 6.26. The van der Waals surface area contributed by atoms with Gasteiger partial charge in [-0.15, -0.1) is 0 Å². The lowest BCUT2D eigenvalue weighted by Crippen LogP contribution is -2.53. The maximum absolute atomic E-state index is 12.4. The number of β-amino-alcohol motifs (C(OH)–C–C–N with tert-alkyl or cyclic N) is 1. The van der Waals surface area contributed by atoms with E-state index in [-0.39, 0.29) is 17.6 Å². The first-order valence-corrected chi connectivity index (χ1v) is 7.74. The zero-order valence-electron chi connectivity index (χ0n) is 12.7. The molecule has 2 heterocycles. The van der Waals surface area contributed by atoms with Gasteiger partial charge >= 0.3 is 0 Å². The highest BCUT2D eigenvalue weighted by atomic mass is 16.6. The molecular weight excluding hydrogens is 300 g/mol. The minimum absolute atomic E-state index is 0.0280. The fourth-order valence-corrected chi connectivity index (χ4v) is 3.11. The van der Waals surface area contributed by atoms with Gasteiger partial charge in [-0.2, -0.15) is 0 Å². The number of non-ortho nitro benzene ring substituents is 1. The number of hydrogen-bond donors (Lipinski definition) is 2. The van der Waals surface area contributed by atoms with Crippen molar-refractivity contribution in [2.75, 3.05) is 37.6 Å². The molecule has 8 nitrogen and oxygen atoms in total. The summed E-state index contributed by atoms with van der Waals surface area (Å²) in [6.45, 7) is 2.90. The zero-order valence-corrected chi connectivity index (χ0v) is 12.7. The van der Waals surface area contributed by atoms with Gasteiger partial charge in [-0.3, -0.25) is 14.9 Å². The van der Waals surface area contributed by atoms with Crippen LogP contribution >= 0.6 is 0 Å². The van der Waals surface area contributed by atoms with Gasteiger partial charge in [0, 0.05) is 50.5 Å². The van der Waals surface area contributed by atoms with Crippen LogP contribution < -0.4 is 10.2 Å². The van der Waals surface area contributed by atoms with E-state index in [0.29, 0.717) is 39.1 Å². The summed E-state index contributed by atoms with van der Waals surface area (Å²) in [6.07, 6.45) is 0.0133. The van der Waals surface area contributed by atoms with Crippen LogP contribution in [0.1, 0.15) is 6.42 Å². The zero-order chi connectivity index (χ0) is 16.4. The van der Waals surface area contributed by atoms with Crippen molar-refractivity contribution in [1.82, 2.24) is 10.2 Å². The largest absolute Gasteiger partial charge is 0.392 e. The van der Waals surface area contributed by atoms with Gasteiger partial charge in [0.2, 0.25) is 5.91 Å². The van der Waals surface area contributed by atoms with Crippen LogP contribution in [0.4, 0.5) is 11.4 Å². The highest BCUT2D eigenvalue weighted by Crippen LogP contribution is 2.22. The lowest BCUT2D eigenvalue weighted by atomic mass is 10.1. The Morgan fingerprint density at radius 3 is 2.65 bits per heavy atom. The molecular formula is C15H20N4O4. The molecule has 2 unspecified atom stereocenters. The summed E-state index contributed by atoms with van der Waals surface area (Å²) >= 11 is 0. The van der Waals surface area contributed by atoms with Gasteiger partial charge in [0.25, 0.3) is 5.69 Å². The molecule has 0 radical (unpaired) electrons. The van der Waals surface area contributed by atoms with E-state index in [9.17, 15) is 20.0 Å². The van der Waals surface area contributed by atoms with Crippen LogP contribution in [-0.4, -0.2) is 65.7 Å². The molecule has 0 spiro atoms. The Morgan fingerprint density at radius 1 is 1.30 bits per heavy atom. The number of carbonyl (C=O) groups is 1. The first-order chi connectivity index (χ1) is 11.0. The molecule has 0 aromatic heterocycles. The fraction of sp³-hybridized carbons (Fsp3) is 0.533.